The first-order valence-corrected chi connectivity index (χ1v) is 7.54. The van der Waals surface area contributed by atoms with Crippen LogP contribution in [0.4, 0.5) is 0 Å². The molecule has 1 rings (SSSR count). The van der Waals surface area contributed by atoms with Crippen molar-refractivity contribution < 1.29 is 13.2 Å². The molecule has 0 radical (unpaired) electrons. The Morgan fingerprint density at radius 2 is 1.72 bits per heavy atom. The molecule has 0 aliphatic rings. The Bertz CT molecular complexity index is 466. The van der Waals surface area contributed by atoms with Crippen LogP contribution in [0.15, 0.2) is 24.3 Å². The van der Waals surface area contributed by atoms with Crippen molar-refractivity contribution >= 4 is 10.0 Å². The molecule has 0 aliphatic carbocycles. The Labute approximate surface area is 109 Å². The molecule has 0 bridgehead atoms. The van der Waals surface area contributed by atoms with Crippen LogP contribution in [0.2, 0.25) is 0 Å². The minimum Gasteiger partial charge on any atom is -0.497 e. The van der Waals surface area contributed by atoms with E-state index in [0.29, 0.717) is 6.54 Å². The van der Waals surface area contributed by atoms with Gasteiger partial charge in [-0.3, -0.25) is 0 Å². The molecule has 102 valence electrons. The summed E-state index contributed by atoms with van der Waals surface area (Å²) in [4.78, 5) is 0. The zero-order valence-corrected chi connectivity index (χ0v) is 12.1. The number of benzene rings is 1. The fourth-order valence-corrected chi connectivity index (χ4v) is 2.27. The number of methoxy groups -OCH3 is 1. The van der Waals surface area contributed by atoms with Gasteiger partial charge < -0.3 is 4.74 Å². The summed E-state index contributed by atoms with van der Waals surface area (Å²) in [6, 6.07) is 7.66. The standard InChI is InChI=1S/C13H21NO3S/c1-10(2)18(15,16)14-9-11(3)12-5-7-13(17-4)8-6-12/h5-8,10-11,14H,9H2,1-4H3. The second-order valence-electron chi connectivity index (χ2n) is 4.62. The summed E-state index contributed by atoms with van der Waals surface area (Å²) < 4.78 is 31.0. The Morgan fingerprint density at radius 1 is 1.17 bits per heavy atom. The lowest BCUT2D eigenvalue weighted by molar-refractivity contribution is 0.414. The minimum absolute atomic E-state index is 0.129. The molecule has 0 aliphatic heterocycles. The SMILES string of the molecule is COc1ccc(C(C)CNS(=O)(=O)C(C)C)cc1. The van der Waals surface area contributed by atoms with Crippen LogP contribution in [0.1, 0.15) is 32.3 Å². The van der Waals surface area contributed by atoms with Crippen LogP contribution in [-0.4, -0.2) is 27.3 Å². The van der Waals surface area contributed by atoms with E-state index >= 15 is 0 Å². The summed E-state index contributed by atoms with van der Waals surface area (Å²) in [5, 5.41) is -0.402. The molecule has 1 aromatic carbocycles. The molecule has 0 saturated carbocycles. The van der Waals surface area contributed by atoms with E-state index in [1.165, 1.54) is 0 Å². The summed E-state index contributed by atoms with van der Waals surface area (Å²) in [6.07, 6.45) is 0. The van der Waals surface area contributed by atoms with E-state index in [1.807, 2.05) is 31.2 Å². The van der Waals surface area contributed by atoms with Gasteiger partial charge in [-0.05, 0) is 37.5 Å². The molecule has 18 heavy (non-hydrogen) atoms. The molecule has 1 N–H and O–H groups in total. The second-order valence-corrected chi connectivity index (χ2v) is 6.94. The van der Waals surface area contributed by atoms with Crippen LogP contribution in [0, 0.1) is 0 Å². The molecular weight excluding hydrogens is 250 g/mol. The van der Waals surface area contributed by atoms with Gasteiger partial charge in [0.15, 0.2) is 0 Å². The Kier molecular flexibility index (Phi) is 5.16. The maximum absolute atomic E-state index is 11.6. The summed E-state index contributed by atoms with van der Waals surface area (Å²) >= 11 is 0. The summed E-state index contributed by atoms with van der Waals surface area (Å²) in [7, 11) is -1.57. The lowest BCUT2D eigenvalue weighted by Crippen LogP contribution is -2.33. The first-order chi connectivity index (χ1) is 8.36. The van der Waals surface area contributed by atoms with Gasteiger partial charge in [0, 0.05) is 6.54 Å². The number of nitrogens with one attached hydrogen (secondary N) is 1. The molecule has 0 saturated heterocycles. The van der Waals surface area contributed by atoms with Crippen molar-refractivity contribution in [2.24, 2.45) is 0 Å². The van der Waals surface area contributed by atoms with E-state index in [-0.39, 0.29) is 5.92 Å². The van der Waals surface area contributed by atoms with Crippen LogP contribution in [0.5, 0.6) is 5.75 Å². The number of sulfonamides is 1. The minimum atomic E-state index is -3.19. The topological polar surface area (TPSA) is 55.4 Å². The fraction of sp³-hybridized carbons (Fsp3) is 0.538. The highest BCUT2D eigenvalue weighted by atomic mass is 32.2. The van der Waals surface area contributed by atoms with E-state index in [4.69, 9.17) is 4.74 Å². The molecular formula is C13H21NO3S. The Balaban J connectivity index is 2.63. The zero-order chi connectivity index (χ0) is 13.8. The highest BCUT2D eigenvalue weighted by Crippen LogP contribution is 2.18. The maximum atomic E-state index is 11.6. The number of ether oxygens (including phenoxy) is 1. The normalized spacial score (nSPS) is 13.6. The van der Waals surface area contributed by atoms with Crippen molar-refractivity contribution in [3.63, 3.8) is 0 Å². The van der Waals surface area contributed by atoms with Crippen LogP contribution in [-0.2, 0) is 10.0 Å². The van der Waals surface area contributed by atoms with Crippen LogP contribution >= 0.6 is 0 Å². The van der Waals surface area contributed by atoms with E-state index in [1.54, 1.807) is 21.0 Å². The molecule has 1 aromatic rings. The molecule has 0 heterocycles. The highest BCUT2D eigenvalue weighted by Gasteiger charge is 2.16. The molecule has 1 atom stereocenters. The number of rotatable bonds is 6. The van der Waals surface area contributed by atoms with Crippen LogP contribution in [0.25, 0.3) is 0 Å². The van der Waals surface area contributed by atoms with Crippen LogP contribution < -0.4 is 9.46 Å². The van der Waals surface area contributed by atoms with Crippen molar-refractivity contribution in [3.8, 4) is 5.75 Å². The Morgan fingerprint density at radius 3 is 2.17 bits per heavy atom. The van der Waals surface area contributed by atoms with E-state index < -0.39 is 15.3 Å². The van der Waals surface area contributed by atoms with Crippen molar-refractivity contribution in [2.45, 2.75) is 31.9 Å². The molecule has 5 heteroatoms. The van der Waals surface area contributed by atoms with E-state index in [0.717, 1.165) is 11.3 Å². The quantitative estimate of drug-likeness (QED) is 0.862. The van der Waals surface area contributed by atoms with Crippen molar-refractivity contribution in [1.82, 2.24) is 4.72 Å². The lowest BCUT2D eigenvalue weighted by Gasteiger charge is -2.15. The van der Waals surface area contributed by atoms with Gasteiger partial charge in [-0.15, -0.1) is 0 Å². The van der Waals surface area contributed by atoms with E-state index in [2.05, 4.69) is 4.72 Å². The average Bonchev–Trinajstić information content (AvgIpc) is 2.36. The van der Waals surface area contributed by atoms with Crippen molar-refractivity contribution in [1.29, 1.82) is 0 Å². The van der Waals surface area contributed by atoms with Gasteiger partial charge in [0.05, 0.1) is 12.4 Å². The first-order valence-electron chi connectivity index (χ1n) is 5.99. The van der Waals surface area contributed by atoms with Crippen molar-refractivity contribution in [2.75, 3.05) is 13.7 Å². The third-order valence-corrected chi connectivity index (χ3v) is 4.71. The smallest absolute Gasteiger partial charge is 0.213 e. The predicted octanol–water partition coefficient (Wildman–Crippen LogP) is 2.13. The highest BCUT2D eigenvalue weighted by molar-refractivity contribution is 7.90. The number of hydrogen-bond acceptors (Lipinski definition) is 3. The van der Waals surface area contributed by atoms with Gasteiger partial charge in [0.1, 0.15) is 5.75 Å². The molecule has 0 aromatic heterocycles. The molecule has 4 nitrogen and oxygen atoms in total. The van der Waals surface area contributed by atoms with Gasteiger partial charge in [-0.25, -0.2) is 13.1 Å². The van der Waals surface area contributed by atoms with Gasteiger partial charge >= 0.3 is 0 Å². The average molecular weight is 271 g/mol. The van der Waals surface area contributed by atoms with Crippen LogP contribution in [0.3, 0.4) is 0 Å². The third kappa shape index (κ3) is 3.99. The first kappa shape index (κ1) is 15.0. The Hall–Kier alpha value is -1.07. The largest absolute Gasteiger partial charge is 0.497 e. The monoisotopic (exact) mass is 271 g/mol. The third-order valence-electron chi connectivity index (χ3n) is 2.90. The lowest BCUT2D eigenvalue weighted by atomic mass is 10.0. The second kappa shape index (κ2) is 6.20. The molecule has 0 fully saturated rings. The molecule has 0 spiro atoms. The summed E-state index contributed by atoms with van der Waals surface area (Å²) in [5.74, 6) is 0.929. The van der Waals surface area contributed by atoms with E-state index in [9.17, 15) is 8.42 Å². The maximum Gasteiger partial charge on any atom is 0.213 e. The number of hydrogen-bond donors (Lipinski definition) is 1. The predicted molar refractivity (Wildman–Crippen MR) is 73.5 cm³/mol. The fourth-order valence-electron chi connectivity index (χ4n) is 1.46. The van der Waals surface area contributed by atoms with Gasteiger partial charge in [-0.1, -0.05) is 19.1 Å². The van der Waals surface area contributed by atoms with Gasteiger partial charge in [0.2, 0.25) is 10.0 Å². The van der Waals surface area contributed by atoms with Gasteiger partial charge in [-0.2, -0.15) is 0 Å². The molecule has 1 unspecified atom stereocenters. The zero-order valence-electron chi connectivity index (χ0n) is 11.3. The summed E-state index contributed by atoms with van der Waals surface area (Å²) in [6.45, 7) is 5.73. The van der Waals surface area contributed by atoms with Crippen molar-refractivity contribution in [3.05, 3.63) is 29.8 Å². The summed E-state index contributed by atoms with van der Waals surface area (Å²) in [5.41, 5.74) is 1.09. The van der Waals surface area contributed by atoms with Gasteiger partial charge in [0.25, 0.3) is 0 Å². The molecule has 0 amide bonds.